The highest BCUT2D eigenvalue weighted by atomic mass is 16.1. The Morgan fingerprint density at radius 3 is 2.73 bits per heavy atom. The Kier molecular flexibility index (Phi) is 4.38. The van der Waals surface area contributed by atoms with Gasteiger partial charge in [-0.25, -0.2) is 5.84 Å². The second-order valence-corrected chi connectivity index (χ2v) is 4.79. The fraction of sp³-hybridized carbons (Fsp3) is 0.133. The third-order valence-electron chi connectivity index (χ3n) is 3.44. The average Bonchev–Trinajstić information content (AvgIpc) is 2.53. The molecule has 0 spiro atoms. The summed E-state index contributed by atoms with van der Waals surface area (Å²) in [6.07, 6.45) is 1.73. The van der Waals surface area contributed by atoms with Crippen LogP contribution in [0, 0.1) is 0 Å². The molecule has 0 saturated carbocycles. The van der Waals surface area contributed by atoms with E-state index in [-0.39, 0.29) is 17.6 Å². The van der Waals surface area contributed by atoms with Crippen molar-refractivity contribution in [1.82, 2.24) is 9.99 Å². The Morgan fingerprint density at radius 2 is 2.09 bits per heavy atom. The van der Waals surface area contributed by atoms with E-state index in [4.69, 9.17) is 17.3 Å². The van der Waals surface area contributed by atoms with Crippen LogP contribution in [0.15, 0.2) is 53.0 Å². The second-order valence-electron chi connectivity index (χ2n) is 4.79. The van der Waals surface area contributed by atoms with Crippen LogP contribution >= 0.6 is 0 Å². The number of carbonyl (C=O) groups excluding carboxylic acids is 1. The summed E-state index contributed by atoms with van der Waals surface area (Å²) < 4.78 is 0. The Balaban J connectivity index is 2.38. The number of primary amides is 1. The molecule has 0 aliphatic rings. The van der Waals surface area contributed by atoms with E-state index in [1.807, 2.05) is 37.3 Å². The van der Waals surface area contributed by atoms with Crippen LogP contribution in [0.3, 0.4) is 0 Å². The van der Waals surface area contributed by atoms with Crippen LogP contribution in [0.5, 0.6) is 0 Å². The standard InChI is InChI=1S/C15H18N6O/c1-9(21(18)14(16)13(19-2)15(17)22)10-5-6-12-11(8-10)4-3-7-20-12/h3-9H,2,16,18H2,1H3,(H2,17,22)/b14-13-. The number of aromatic nitrogens is 1. The van der Waals surface area contributed by atoms with Gasteiger partial charge in [0, 0.05) is 11.6 Å². The summed E-state index contributed by atoms with van der Waals surface area (Å²) in [5, 5.41) is 2.23. The monoisotopic (exact) mass is 298 g/mol. The lowest BCUT2D eigenvalue weighted by Crippen LogP contribution is -2.39. The Morgan fingerprint density at radius 1 is 1.36 bits per heavy atom. The van der Waals surface area contributed by atoms with Gasteiger partial charge in [0.2, 0.25) is 0 Å². The van der Waals surface area contributed by atoms with Gasteiger partial charge in [-0.3, -0.25) is 19.8 Å². The molecule has 2 rings (SSSR count). The molecule has 22 heavy (non-hydrogen) atoms. The lowest BCUT2D eigenvalue weighted by atomic mass is 10.0. The SMILES string of the molecule is C=N/C(C(N)=O)=C(/N)N(N)C(C)c1ccc2ncccc2c1. The van der Waals surface area contributed by atoms with E-state index in [0.717, 1.165) is 16.5 Å². The first-order chi connectivity index (χ1) is 10.5. The van der Waals surface area contributed by atoms with Crippen LogP contribution in [0.1, 0.15) is 18.5 Å². The molecule has 6 N–H and O–H groups in total. The molecule has 114 valence electrons. The fourth-order valence-electron chi connectivity index (χ4n) is 2.13. The molecule has 1 unspecified atom stereocenters. The van der Waals surface area contributed by atoms with E-state index in [2.05, 4.69) is 16.7 Å². The van der Waals surface area contributed by atoms with E-state index in [0.29, 0.717) is 0 Å². The maximum atomic E-state index is 11.3. The highest BCUT2D eigenvalue weighted by Gasteiger charge is 2.19. The molecule has 0 fully saturated rings. The van der Waals surface area contributed by atoms with Crippen LogP contribution in [-0.4, -0.2) is 22.6 Å². The number of nitrogens with two attached hydrogens (primary N) is 3. The van der Waals surface area contributed by atoms with Gasteiger partial charge < -0.3 is 11.5 Å². The number of benzene rings is 1. The van der Waals surface area contributed by atoms with E-state index in [1.165, 1.54) is 5.01 Å². The summed E-state index contributed by atoms with van der Waals surface area (Å²) in [5.41, 5.74) is 12.7. The number of hydrogen-bond donors (Lipinski definition) is 3. The fourth-order valence-corrected chi connectivity index (χ4v) is 2.13. The van der Waals surface area contributed by atoms with E-state index in [1.54, 1.807) is 6.20 Å². The van der Waals surface area contributed by atoms with Gasteiger partial charge in [-0.1, -0.05) is 12.1 Å². The van der Waals surface area contributed by atoms with Crippen molar-refractivity contribution in [1.29, 1.82) is 0 Å². The predicted octanol–water partition coefficient (Wildman–Crippen LogP) is 0.785. The normalized spacial score (nSPS) is 13.4. The van der Waals surface area contributed by atoms with Gasteiger partial charge in [0.05, 0.1) is 11.6 Å². The highest BCUT2D eigenvalue weighted by Crippen LogP contribution is 2.24. The predicted molar refractivity (Wildman–Crippen MR) is 86.1 cm³/mol. The second kappa shape index (κ2) is 6.23. The Bertz CT molecular complexity index is 755. The van der Waals surface area contributed by atoms with Crippen molar-refractivity contribution < 1.29 is 4.79 Å². The molecule has 0 aliphatic carbocycles. The van der Waals surface area contributed by atoms with Crippen LogP contribution in [0.2, 0.25) is 0 Å². The zero-order valence-electron chi connectivity index (χ0n) is 12.2. The molecule has 2 aromatic rings. The van der Waals surface area contributed by atoms with Gasteiger partial charge >= 0.3 is 0 Å². The number of aliphatic imine (C=N–C) groups is 1. The van der Waals surface area contributed by atoms with E-state index in [9.17, 15) is 4.79 Å². The van der Waals surface area contributed by atoms with Gasteiger partial charge in [0.15, 0.2) is 5.70 Å². The number of hydrogen-bond acceptors (Lipinski definition) is 6. The molecular weight excluding hydrogens is 280 g/mol. The molecule has 0 bridgehead atoms. The topological polar surface area (TPSA) is 124 Å². The molecule has 7 heteroatoms. The zero-order chi connectivity index (χ0) is 16.3. The van der Waals surface area contributed by atoms with Gasteiger partial charge in [0.1, 0.15) is 5.82 Å². The number of rotatable bonds is 5. The number of amides is 1. The largest absolute Gasteiger partial charge is 0.382 e. The summed E-state index contributed by atoms with van der Waals surface area (Å²) in [6, 6.07) is 9.29. The van der Waals surface area contributed by atoms with Crippen LogP contribution < -0.4 is 17.3 Å². The van der Waals surface area contributed by atoms with Crippen molar-refractivity contribution in [2.45, 2.75) is 13.0 Å². The van der Waals surface area contributed by atoms with Gasteiger partial charge in [-0.15, -0.1) is 0 Å². The lowest BCUT2D eigenvalue weighted by molar-refractivity contribution is -0.114. The van der Waals surface area contributed by atoms with Crippen LogP contribution in [-0.2, 0) is 4.79 Å². The van der Waals surface area contributed by atoms with Gasteiger partial charge in [-0.2, -0.15) is 0 Å². The maximum absolute atomic E-state index is 11.3. The minimum absolute atomic E-state index is 0.0266. The first-order valence-electron chi connectivity index (χ1n) is 6.60. The van der Waals surface area contributed by atoms with Crippen LogP contribution in [0.25, 0.3) is 10.9 Å². The number of hydrazine groups is 1. The number of carbonyl (C=O) groups is 1. The summed E-state index contributed by atoms with van der Waals surface area (Å²) in [7, 11) is 0. The van der Waals surface area contributed by atoms with Gasteiger partial charge in [0.25, 0.3) is 5.91 Å². The smallest absolute Gasteiger partial charge is 0.271 e. The van der Waals surface area contributed by atoms with E-state index < -0.39 is 5.91 Å². The third-order valence-corrected chi connectivity index (χ3v) is 3.44. The van der Waals surface area contributed by atoms with Crippen molar-refractivity contribution in [3.8, 4) is 0 Å². The minimum atomic E-state index is -0.780. The summed E-state index contributed by atoms with van der Waals surface area (Å²) in [5.74, 6) is 5.18. The van der Waals surface area contributed by atoms with E-state index >= 15 is 0 Å². The van der Waals surface area contributed by atoms with Crippen molar-refractivity contribution >= 4 is 23.5 Å². The molecule has 0 saturated heterocycles. The van der Waals surface area contributed by atoms with Crippen molar-refractivity contribution in [3.05, 3.63) is 53.6 Å². The Hall–Kier alpha value is -2.93. The molecular formula is C15H18N6O. The molecule has 0 radical (unpaired) electrons. The molecule has 1 atom stereocenters. The molecule has 1 aromatic carbocycles. The van der Waals surface area contributed by atoms with Gasteiger partial charge in [-0.05, 0) is 37.4 Å². The van der Waals surface area contributed by atoms with Crippen molar-refractivity contribution in [3.63, 3.8) is 0 Å². The average molecular weight is 298 g/mol. The molecule has 0 aliphatic heterocycles. The molecule has 1 heterocycles. The summed E-state index contributed by atoms with van der Waals surface area (Å²) >= 11 is 0. The molecule has 7 nitrogen and oxygen atoms in total. The zero-order valence-corrected chi connectivity index (χ0v) is 12.2. The number of nitrogens with zero attached hydrogens (tertiary/aromatic N) is 3. The molecule has 1 aromatic heterocycles. The quantitative estimate of drug-likeness (QED) is 0.326. The Labute approximate surface area is 128 Å². The summed E-state index contributed by atoms with van der Waals surface area (Å²) in [4.78, 5) is 19.1. The van der Waals surface area contributed by atoms with Crippen molar-refractivity contribution in [2.75, 3.05) is 0 Å². The highest BCUT2D eigenvalue weighted by molar-refractivity contribution is 5.92. The minimum Gasteiger partial charge on any atom is -0.382 e. The summed E-state index contributed by atoms with van der Waals surface area (Å²) in [6.45, 7) is 5.13. The van der Waals surface area contributed by atoms with Crippen LogP contribution in [0.4, 0.5) is 0 Å². The number of pyridine rings is 1. The third kappa shape index (κ3) is 2.89. The lowest BCUT2D eigenvalue weighted by Gasteiger charge is -2.27. The molecule has 1 amide bonds. The number of fused-ring (bicyclic) bond motifs is 1. The van der Waals surface area contributed by atoms with Crippen molar-refractivity contribution in [2.24, 2.45) is 22.3 Å². The maximum Gasteiger partial charge on any atom is 0.271 e. The first kappa shape index (κ1) is 15.5. The first-order valence-corrected chi connectivity index (χ1v) is 6.60.